The highest BCUT2D eigenvalue weighted by atomic mass is 19.1. The zero-order valence-electron chi connectivity index (χ0n) is 8.82. The van der Waals surface area contributed by atoms with Crippen LogP contribution in [0.15, 0.2) is 6.07 Å². The smallest absolute Gasteiger partial charge is 0.167 e. The molecule has 3 heteroatoms. The van der Waals surface area contributed by atoms with Crippen LogP contribution in [0.3, 0.4) is 0 Å². The van der Waals surface area contributed by atoms with Crippen LogP contribution in [0.25, 0.3) is 0 Å². The van der Waals surface area contributed by atoms with Crippen molar-refractivity contribution in [3.05, 3.63) is 28.6 Å². The maximum atomic E-state index is 13.2. The Bertz CT molecular complexity index is 337. The minimum Gasteiger partial charge on any atom is -0.505 e. The lowest BCUT2D eigenvalue weighted by atomic mass is 10.0. The zero-order chi connectivity index (χ0) is 10.7. The van der Waals surface area contributed by atoms with Crippen molar-refractivity contribution in [2.24, 2.45) is 0 Å². The van der Waals surface area contributed by atoms with E-state index in [0.717, 1.165) is 18.5 Å². The maximum absolute atomic E-state index is 13.2. The van der Waals surface area contributed by atoms with Gasteiger partial charge in [-0.1, -0.05) is 6.07 Å². The van der Waals surface area contributed by atoms with Gasteiger partial charge in [0.25, 0.3) is 0 Å². The topological polar surface area (TPSA) is 32.3 Å². The van der Waals surface area contributed by atoms with Gasteiger partial charge in [-0.2, -0.15) is 0 Å². The number of aryl methyl sites for hydroxylation is 1. The molecule has 14 heavy (non-hydrogen) atoms. The molecule has 0 aromatic heterocycles. The maximum Gasteiger partial charge on any atom is 0.167 e. The minimum atomic E-state index is -0.504. The van der Waals surface area contributed by atoms with Gasteiger partial charge in [0.2, 0.25) is 0 Å². The predicted octanol–water partition coefficient (Wildman–Crippen LogP) is 1.91. The van der Waals surface area contributed by atoms with Crippen LogP contribution in [0, 0.1) is 19.7 Å². The number of rotatable bonds is 3. The van der Waals surface area contributed by atoms with Gasteiger partial charge in [0.05, 0.1) is 0 Å². The van der Waals surface area contributed by atoms with Crippen LogP contribution in [0.5, 0.6) is 5.75 Å². The Morgan fingerprint density at radius 1 is 1.43 bits per heavy atom. The largest absolute Gasteiger partial charge is 0.505 e. The van der Waals surface area contributed by atoms with Crippen LogP contribution in [-0.4, -0.2) is 18.7 Å². The van der Waals surface area contributed by atoms with E-state index in [1.54, 1.807) is 19.9 Å². The first kappa shape index (κ1) is 11.0. The van der Waals surface area contributed by atoms with Crippen molar-refractivity contribution in [1.82, 2.24) is 5.32 Å². The van der Waals surface area contributed by atoms with Crippen LogP contribution in [-0.2, 0) is 6.42 Å². The summed E-state index contributed by atoms with van der Waals surface area (Å²) < 4.78 is 13.2. The summed E-state index contributed by atoms with van der Waals surface area (Å²) in [5.41, 5.74) is 2.14. The van der Waals surface area contributed by atoms with Crippen LogP contribution in [0.4, 0.5) is 4.39 Å². The SMILES string of the molecule is CNCCc1cc(C)c(F)c(O)c1C. The molecule has 0 saturated heterocycles. The lowest BCUT2D eigenvalue weighted by Gasteiger charge is -2.10. The molecule has 0 atom stereocenters. The van der Waals surface area contributed by atoms with Gasteiger partial charge >= 0.3 is 0 Å². The summed E-state index contributed by atoms with van der Waals surface area (Å²) in [6.45, 7) is 4.23. The zero-order valence-corrected chi connectivity index (χ0v) is 8.82. The molecule has 0 fully saturated rings. The van der Waals surface area contributed by atoms with Crippen molar-refractivity contribution in [3.8, 4) is 5.75 Å². The van der Waals surface area contributed by atoms with Crippen molar-refractivity contribution in [2.75, 3.05) is 13.6 Å². The van der Waals surface area contributed by atoms with Crippen molar-refractivity contribution < 1.29 is 9.50 Å². The molecule has 78 valence electrons. The van der Waals surface area contributed by atoms with E-state index in [4.69, 9.17) is 0 Å². The Morgan fingerprint density at radius 3 is 2.64 bits per heavy atom. The monoisotopic (exact) mass is 197 g/mol. The van der Waals surface area contributed by atoms with E-state index in [-0.39, 0.29) is 5.75 Å². The predicted molar refractivity (Wildman–Crippen MR) is 55.2 cm³/mol. The molecule has 1 aromatic carbocycles. The van der Waals surface area contributed by atoms with Gasteiger partial charge in [-0.3, -0.25) is 0 Å². The fourth-order valence-corrected chi connectivity index (χ4v) is 1.46. The standard InChI is InChI=1S/C11H16FNO/c1-7-6-9(4-5-13-3)8(2)11(14)10(7)12/h6,13-14H,4-5H2,1-3H3. The number of benzene rings is 1. The van der Waals surface area contributed by atoms with Crippen LogP contribution in [0.1, 0.15) is 16.7 Å². The molecule has 0 amide bonds. The van der Waals surface area contributed by atoms with Crippen LogP contribution < -0.4 is 5.32 Å². The van der Waals surface area contributed by atoms with E-state index in [1.807, 2.05) is 7.05 Å². The van der Waals surface area contributed by atoms with Gasteiger partial charge in [0, 0.05) is 0 Å². The molecule has 0 unspecified atom stereocenters. The van der Waals surface area contributed by atoms with Crippen LogP contribution in [0.2, 0.25) is 0 Å². The number of halogens is 1. The van der Waals surface area contributed by atoms with E-state index in [9.17, 15) is 9.50 Å². The third-order valence-corrected chi connectivity index (χ3v) is 2.43. The van der Waals surface area contributed by atoms with Crippen molar-refractivity contribution in [1.29, 1.82) is 0 Å². The summed E-state index contributed by atoms with van der Waals surface area (Å²) in [7, 11) is 1.87. The number of hydrogen-bond donors (Lipinski definition) is 2. The molecule has 1 aromatic rings. The van der Waals surface area contributed by atoms with Gasteiger partial charge in [-0.25, -0.2) is 4.39 Å². The highest BCUT2D eigenvalue weighted by Crippen LogP contribution is 2.27. The third-order valence-electron chi connectivity index (χ3n) is 2.43. The molecule has 2 nitrogen and oxygen atoms in total. The summed E-state index contributed by atoms with van der Waals surface area (Å²) in [4.78, 5) is 0. The fourth-order valence-electron chi connectivity index (χ4n) is 1.46. The van der Waals surface area contributed by atoms with Gasteiger partial charge in [-0.05, 0) is 50.6 Å². The summed E-state index contributed by atoms with van der Waals surface area (Å²) >= 11 is 0. The van der Waals surface area contributed by atoms with Crippen LogP contribution >= 0.6 is 0 Å². The number of phenolic OH excluding ortho intramolecular Hbond substituents is 1. The Morgan fingerprint density at radius 2 is 2.07 bits per heavy atom. The first-order valence-electron chi connectivity index (χ1n) is 4.70. The molecule has 0 radical (unpaired) electrons. The first-order chi connectivity index (χ1) is 6.57. The molecule has 0 aliphatic rings. The van der Waals surface area contributed by atoms with E-state index < -0.39 is 5.82 Å². The average Bonchev–Trinajstić information content (AvgIpc) is 2.18. The third kappa shape index (κ3) is 2.04. The molecule has 0 bridgehead atoms. The van der Waals surface area contributed by atoms with E-state index in [1.165, 1.54) is 0 Å². The molecule has 2 N–H and O–H groups in total. The number of phenols is 1. The molecule has 0 aliphatic carbocycles. The second-order valence-electron chi connectivity index (χ2n) is 3.49. The highest BCUT2D eigenvalue weighted by molar-refractivity contribution is 5.43. The van der Waals surface area contributed by atoms with Gasteiger partial charge in [0.15, 0.2) is 11.6 Å². The highest BCUT2D eigenvalue weighted by Gasteiger charge is 2.11. The first-order valence-corrected chi connectivity index (χ1v) is 4.70. The summed E-state index contributed by atoms with van der Waals surface area (Å²) in [6.07, 6.45) is 0.803. The van der Waals surface area contributed by atoms with E-state index >= 15 is 0 Å². The molecular formula is C11H16FNO. The molecule has 0 aliphatic heterocycles. The minimum absolute atomic E-state index is 0.212. The number of aromatic hydroxyl groups is 1. The lowest BCUT2D eigenvalue weighted by molar-refractivity contribution is 0.425. The lowest BCUT2D eigenvalue weighted by Crippen LogP contribution is -2.11. The normalized spacial score (nSPS) is 10.6. The molecular weight excluding hydrogens is 181 g/mol. The Balaban J connectivity index is 3.06. The Hall–Kier alpha value is -1.09. The van der Waals surface area contributed by atoms with Crippen molar-refractivity contribution in [2.45, 2.75) is 20.3 Å². The number of hydrogen-bond acceptors (Lipinski definition) is 2. The Kier molecular flexibility index (Phi) is 3.47. The fraction of sp³-hybridized carbons (Fsp3) is 0.455. The molecule has 0 heterocycles. The quantitative estimate of drug-likeness (QED) is 0.775. The number of nitrogens with one attached hydrogen (secondary N) is 1. The second-order valence-corrected chi connectivity index (χ2v) is 3.49. The van der Waals surface area contributed by atoms with Crippen molar-refractivity contribution >= 4 is 0 Å². The van der Waals surface area contributed by atoms with E-state index in [2.05, 4.69) is 5.32 Å². The summed E-state index contributed by atoms with van der Waals surface area (Å²) in [6, 6.07) is 1.79. The van der Waals surface area contributed by atoms with Gasteiger partial charge in [0.1, 0.15) is 0 Å². The average molecular weight is 197 g/mol. The van der Waals surface area contributed by atoms with Gasteiger partial charge < -0.3 is 10.4 Å². The summed E-state index contributed by atoms with van der Waals surface area (Å²) in [5.74, 6) is -0.716. The van der Waals surface area contributed by atoms with Crippen molar-refractivity contribution in [3.63, 3.8) is 0 Å². The number of likely N-dealkylation sites (N-methyl/N-ethyl adjacent to an activating group) is 1. The van der Waals surface area contributed by atoms with Gasteiger partial charge in [-0.15, -0.1) is 0 Å². The Labute approximate surface area is 83.8 Å². The van der Waals surface area contributed by atoms with E-state index in [0.29, 0.717) is 11.1 Å². The summed E-state index contributed by atoms with van der Waals surface area (Å²) in [5, 5.41) is 12.5. The molecule has 0 saturated carbocycles. The molecule has 1 rings (SSSR count). The molecule has 0 spiro atoms. The second kappa shape index (κ2) is 4.42.